The maximum atomic E-state index is 12.1. The van der Waals surface area contributed by atoms with Gasteiger partial charge < -0.3 is 4.74 Å². The lowest BCUT2D eigenvalue weighted by Gasteiger charge is -2.15. The van der Waals surface area contributed by atoms with E-state index in [9.17, 15) is 14.4 Å². The molecule has 3 aliphatic rings. The monoisotopic (exact) mass is 235 g/mol. The van der Waals surface area contributed by atoms with Crippen LogP contribution in [-0.2, 0) is 19.1 Å². The molecule has 0 spiro atoms. The van der Waals surface area contributed by atoms with Crippen LogP contribution >= 0.6 is 0 Å². The van der Waals surface area contributed by atoms with Crippen LogP contribution in [0.4, 0.5) is 0 Å². The van der Waals surface area contributed by atoms with Crippen molar-refractivity contribution >= 4 is 17.8 Å². The van der Waals surface area contributed by atoms with E-state index in [1.54, 1.807) is 0 Å². The van der Waals surface area contributed by atoms with Crippen molar-refractivity contribution in [2.45, 2.75) is 6.42 Å². The number of nitrogens with zero attached hydrogens (tertiary/aromatic N) is 1. The van der Waals surface area contributed by atoms with Gasteiger partial charge in [0.15, 0.2) is 0 Å². The Balaban J connectivity index is 1.85. The first-order valence-electron chi connectivity index (χ1n) is 5.74. The Morgan fingerprint density at radius 2 is 1.82 bits per heavy atom. The van der Waals surface area contributed by atoms with Crippen molar-refractivity contribution in [3.8, 4) is 0 Å². The third-order valence-corrected chi connectivity index (χ3v) is 4.08. The minimum Gasteiger partial charge on any atom is -0.468 e. The zero-order valence-electron chi connectivity index (χ0n) is 9.46. The van der Waals surface area contributed by atoms with Crippen LogP contribution < -0.4 is 0 Å². The van der Waals surface area contributed by atoms with E-state index in [-0.39, 0.29) is 42.0 Å². The van der Waals surface area contributed by atoms with E-state index in [4.69, 9.17) is 0 Å². The number of hydrogen-bond acceptors (Lipinski definition) is 4. The predicted octanol–water partition coefficient (Wildman–Crippen LogP) is -0.0335. The number of imide groups is 1. The molecule has 4 unspecified atom stereocenters. The summed E-state index contributed by atoms with van der Waals surface area (Å²) >= 11 is 0. The van der Waals surface area contributed by atoms with Crippen molar-refractivity contribution in [2.75, 3.05) is 13.7 Å². The number of esters is 1. The smallest absolute Gasteiger partial charge is 0.325 e. The average Bonchev–Trinajstić information content (AvgIpc) is 2.98. The molecular formula is C12H13NO4. The van der Waals surface area contributed by atoms with E-state index in [1.807, 2.05) is 12.2 Å². The quantitative estimate of drug-likeness (QED) is 0.383. The second-order valence-corrected chi connectivity index (χ2v) is 4.84. The van der Waals surface area contributed by atoms with Crippen molar-refractivity contribution < 1.29 is 19.1 Å². The van der Waals surface area contributed by atoms with E-state index in [0.29, 0.717) is 0 Å². The fourth-order valence-corrected chi connectivity index (χ4v) is 3.31. The Bertz CT molecular complexity index is 412. The Kier molecular flexibility index (Phi) is 2.11. The summed E-state index contributed by atoms with van der Waals surface area (Å²) in [6.45, 7) is -0.249. The number of carbonyl (C=O) groups is 3. The highest BCUT2D eigenvalue weighted by Crippen LogP contribution is 2.52. The zero-order chi connectivity index (χ0) is 12.2. The summed E-state index contributed by atoms with van der Waals surface area (Å²) in [6.07, 6.45) is 4.95. The third kappa shape index (κ3) is 1.28. The highest BCUT2D eigenvalue weighted by molar-refractivity contribution is 6.08. The van der Waals surface area contributed by atoms with Gasteiger partial charge in [-0.05, 0) is 18.3 Å². The molecule has 0 radical (unpaired) electrons. The van der Waals surface area contributed by atoms with E-state index in [0.717, 1.165) is 11.3 Å². The number of rotatable bonds is 2. The first kappa shape index (κ1) is 10.5. The fraction of sp³-hybridized carbons (Fsp3) is 0.583. The topological polar surface area (TPSA) is 63.7 Å². The van der Waals surface area contributed by atoms with Crippen LogP contribution in [0.3, 0.4) is 0 Å². The van der Waals surface area contributed by atoms with Crippen molar-refractivity contribution in [3.63, 3.8) is 0 Å². The molecule has 1 heterocycles. The van der Waals surface area contributed by atoms with Gasteiger partial charge in [-0.1, -0.05) is 12.2 Å². The Morgan fingerprint density at radius 1 is 1.29 bits per heavy atom. The maximum Gasteiger partial charge on any atom is 0.325 e. The number of ether oxygens (including phenoxy) is 1. The van der Waals surface area contributed by atoms with Gasteiger partial charge in [0, 0.05) is 0 Å². The van der Waals surface area contributed by atoms with E-state index in [2.05, 4.69) is 4.74 Å². The molecule has 0 aromatic heterocycles. The number of likely N-dealkylation sites (tertiary alicyclic amines) is 1. The summed E-state index contributed by atoms with van der Waals surface area (Å²) in [6, 6.07) is 0. The molecule has 1 aliphatic heterocycles. The van der Waals surface area contributed by atoms with Gasteiger partial charge in [0.25, 0.3) is 0 Å². The van der Waals surface area contributed by atoms with Crippen LogP contribution in [0.5, 0.6) is 0 Å². The van der Waals surface area contributed by atoms with Crippen LogP contribution in [0, 0.1) is 23.7 Å². The summed E-state index contributed by atoms with van der Waals surface area (Å²) in [5, 5.41) is 0. The Morgan fingerprint density at radius 3 is 2.29 bits per heavy atom. The molecule has 2 amide bonds. The lowest BCUT2D eigenvalue weighted by molar-refractivity contribution is -0.151. The Labute approximate surface area is 98.4 Å². The van der Waals surface area contributed by atoms with Crippen molar-refractivity contribution in [1.82, 2.24) is 4.90 Å². The highest BCUT2D eigenvalue weighted by Gasteiger charge is 2.59. The van der Waals surface area contributed by atoms with Gasteiger partial charge in [0.2, 0.25) is 11.8 Å². The molecule has 2 aliphatic carbocycles. The number of allylic oxidation sites excluding steroid dienone is 2. The van der Waals surface area contributed by atoms with Gasteiger partial charge in [-0.2, -0.15) is 0 Å². The van der Waals surface area contributed by atoms with Gasteiger partial charge in [-0.3, -0.25) is 19.3 Å². The van der Waals surface area contributed by atoms with Crippen LogP contribution in [0.15, 0.2) is 12.2 Å². The van der Waals surface area contributed by atoms with Gasteiger partial charge in [-0.25, -0.2) is 0 Å². The largest absolute Gasteiger partial charge is 0.468 e. The molecule has 0 aromatic rings. The first-order chi connectivity index (χ1) is 8.13. The summed E-state index contributed by atoms with van der Waals surface area (Å²) < 4.78 is 4.50. The van der Waals surface area contributed by atoms with Gasteiger partial charge >= 0.3 is 5.97 Å². The first-order valence-corrected chi connectivity index (χ1v) is 5.74. The second-order valence-electron chi connectivity index (χ2n) is 4.84. The number of carbonyl (C=O) groups excluding carboxylic acids is 3. The predicted molar refractivity (Wildman–Crippen MR) is 56.5 cm³/mol. The van der Waals surface area contributed by atoms with E-state index >= 15 is 0 Å². The van der Waals surface area contributed by atoms with E-state index in [1.165, 1.54) is 7.11 Å². The molecule has 1 saturated heterocycles. The molecule has 0 aromatic carbocycles. The Hall–Kier alpha value is -1.65. The minimum atomic E-state index is -0.549. The number of fused-ring (bicyclic) bond motifs is 5. The standard InChI is InChI=1S/C12H13NO4/c1-17-8(14)5-13-11(15)9-6-2-3-7(4-6)10(9)12(13)16/h2-3,6-7,9-10H,4-5H2,1H3. The van der Waals surface area contributed by atoms with Gasteiger partial charge in [0.1, 0.15) is 6.54 Å². The molecule has 0 N–H and O–H groups in total. The second kappa shape index (κ2) is 3.42. The van der Waals surface area contributed by atoms with E-state index < -0.39 is 5.97 Å². The molecule has 1 saturated carbocycles. The van der Waals surface area contributed by atoms with Gasteiger partial charge in [0.05, 0.1) is 18.9 Å². The van der Waals surface area contributed by atoms with Crippen molar-refractivity contribution in [1.29, 1.82) is 0 Å². The van der Waals surface area contributed by atoms with Crippen LogP contribution in [0.25, 0.3) is 0 Å². The highest BCUT2D eigenvalue weighted by atomic mass is 16.5. The molecule has 3 rings (SSSR count). The van der Waals surface area contributed by atoms with Crippen molar-refractivity contribution in [2.24, 2.45) is 23.7 Å². The SMILES string of the molecule is COC(=O)CN1C(=O)C2C3C=CC(C3)C2C1=O. The summed E-state index contributed by atoms with van der Waals surface area (Å²) in [5.74, 6) is -1.06. The van der Waals surface area contributed by atoms with Crippen molar-refractivity contribution in [3.05, 3.63) is 12.2 Å². The van der Waals surface area contributed by atoms with Crippen LogP contribution in [-0.4, -0.2) is 36.3 Å². The number of hydrogen-bond donors (Lipinski definition) is 0. The number of amides is 2. The molecule has 17 heavy (non-hydrogen) atoms. The number of methoxy groups -OCH3 is 1. The van der Waals surface area contributed by atoms with Crippen LogP contribution in [0.1, 0.15) is 6.42 Å². The summed E-state index contributed by atoms with van der Waals surface area (Å²) in [7, 11) is 1.25. The third-order valence-electron chi connectivity index (χ3n) is 4.08. The molecule has 90 valence electrons. The molecule has 5 heteroatoms. The molecule has 4 atom stereocenters. The summed E-state index contributed by atoms with van der Waals surface area (Å²) in [5.41, 5.74) is 0. The molecule has 2 fully saturated rings. The average molecular weight is 235 g/mol. The normalized spacial score (nSPS) is 37.8. The fourth-order valence-electron chi connectivity index (χ4n) is 3.31. The molecular weight excluding hydrogens is 222 g/mol. The molecule has 2 bridgehead atoms. The lowest BCUT2D eigenvalue weighted by atomic mass is 9.85. The zero-order valence-corrected chi connectivity index (χ0v) is 9.46. The molecule has 5 nitrogen and oxygen atoms in total. The summed E-state index contributed by atoms with van der Waals surface area (Å²) in [4.78, 5) is 36.4. The lowest BCUT2D eigenvalue weighted by Crippen LogP contribution is -2.37. The maximum absolute atomic E-state index is 12.1. The van der Waals surface area contributed by atoms with Gasteiger partial charge in [-0.15, -0.1) is 0 Å². The minimum absolute atomic E-state index is 0.184. The van der Waals surface area contributed by atoms with Crippen LogP contribution in [0.2, 0.25) is 0 Å².